The molecule has 88 valence electrons. The van der Waals surface area contributed by atoms with E-state index in [9.17, 15) is 0 Å². The van der Waals surface area contributed by atoms with E-state index in [0.29, 0.717) is 5.84 Å². The van der Waals surface area contributed by atoms with E-state index in [1.54, 1.807) is 11.3 Å². The van der Waals surface area contributed by atoms with Gasteiger partial charge in [0, 0.05) is 5.56 Å². The normalized spacial score (nSPS) is 13.6. The summed E-state index contributed by atoms with van der Waals surface area (Å²) in [5, 5.41) is 4.25. The van der Waals surface area contributed by atoms with Gasteiger partial charge >= 0.3 is 0 Å². The number of rotatable bonds is 4. The summed E-state index contributed by atoms with van der Waals surface area (Å²) in [6.07, 6.45) is 0.942. The van der Waals surface area contributed by atoms with Crippen molar-refractivity contribution in [2.75, 3.05) is 0 Å². The maximum atomic E-state index is 5.98. The standard InChI is InChI=1S/C14H16N2S/c1-11(9-12-7-8-17-10-12)16-14(15)13-5-3-2-4-6-13/h2-8,10-11H,9H2,1H3,(H2,15,16). The van der Waals surface area contributed by atoms with Crippen molar-refractivity contribution < 1.29 is 0 Å². The highest BCUT2D eigenvalue weighted by Crippen LogP contribution is 2.10. The van der Waals surface area contributed by atoms with Gasteiger partial charge in [0.1, 0.15) is 5.84 Å². The molecule has 0 fully saturated rings. The highest BCUT2D eigenvalue weighted by molar-refractivity contribution is 7.07. The first-order valence-electron chi connectivity index (χ1n) is 5.65. The second-order valence-electron chi connectivity index (χ2n) is 4.07. The molecule has 1 atom stereocenters. The zero-order valence-corrected chi connectivity index (χ0v) is 10.7. The van der Waals surface area contributed by atoms with Crippen molar-refractivity contribution in [1.82, 2.24) is 0 Å². The number of nitrogens with zero attached hydrogens (tertiary/aromatic N) is 1. The smallest absolute Gasteiger partial charge is 0.125 e. The van der Waals surface area contributed by atoms with E-state index in [1.165, 1.54) is 5.56 Å². The number of thiophene rings is 1. The van der Waals surface area contributed by atoms with Gasteiger partial charge in [-0.3, -0.25) is 4.99 Å². The van der Waals surface area contributed by atoms with Crippen LogP contribution in [-0.4, -0.2) is 11.9 Å². The molecule has 0 aliphatic rings. The van der Waals surface area contributed by atoms with Crippen molar-refractivity contribution in [3.05, 3.63) is 58.3 Å². The van der Waals surface area contributed by atoms with E-state index >= 15 is 0 Å². The van der Waals surface area contributed by atoms with Gasteiger partial charge in [0.05, 0.1) is 6.04 Å². The molecule has 1 heterocycles. The fourth-order valence-corrected chi connectivity index (χ4v) is 2.40. The molecule has 0 bridgehead atoms. The van der Waals surface area contributed by atoms with E-state index in [1.807, 2.05) is 30.3 Å². The topological polar surface area (TPSA) is 38.4 Å². The molecule has 0 saturated heterocycles. The molecule has 0 spiro atoms. The van der Waals surface area contributed by atoms with Crippen molar-refractivity contribution in [2.45, 2.75) is 19.4 Å². The third-order valence-corrected chi connectivity index (χ3v) is 3.27. The number of hydrogen-bond acceptors (Lipinski definition) is 2. The molecule has 2 nitrogen and oxygen atoms in total. The molecular weight excluding hydrogens is 228 g/mol. The Balaban J connectivity index is 2.04. The Kier molecular flexibility index (Phi) is 3.94. The van der Waals surface area contributed by atoms with Gasteiger partial charge in [-0.2, -0.15) is 11.3 Å². The second kappa shape index (κ2) is 5.64. The molecule has 0 radical (unpaired) electrons. The Bertz CT molecular complexity index is 474. The average Bonchev–Trinajstić information content (AvgIpc) is 2.82. The van der Waals surface area contributed by atoms with Crippen LogP contribution in [0.5, 0.6) is 0 Å². The summed E-state index contributed by atoms with van der Waals surface area (Å²) in [5.41, 5.74) is 8.29. The van der Waals surface area contributed by atoms with Crippen molar-refractivity contribution in [1.29, 1.82) is 0 Å². The molecule has 17 heavy (non-hydrogen) atoms. The SMILES string of the molecule is CC(Cc1ccsc1)N=C(N)c1ccccc1. The van der Waals surface area contributed by atoms with Gasteiger partial charge in [-0.25, -0.2) is 0 Å². The number of aliphatic imine (C=N–C) groups is 1. The van der Waals surface area contributed by atoms with Crippen LogP contribution in [0, 0.1) is 0 Å². The van der Waals surface area contributed by atoms with Crippen LogP contribution in [-0.2, 0) is 6.42 Å². The second-order valence-corrected chi connectivity index (χ2v) is 4.85. The molecule has 2 rings (SSSR count). The maximum absolute atomic E-state index is 5.98. The molecule has 3 heteroatoms. The quantitative estimate of drug-likeness (QED) is 0.651. The Morgan fingerprint density at radius 2 is 2.06 bits per heavy atom. The lowest BCUT2D eigenvalue weighted by molar-refractivity contribution is 0.741. The first-order chi connectivity index (χ1) is 8.25. The number of hydrogen-bond donors (Lipinski definition) is 1. The van der Waals surface area contributed by atoms with Gasteiger partial charge in [0.25, 0.3) is 0 Å². The van der Waals surface area contributed by atoms with Crippen LogP contribution in [0.25, 0.3) is 0 Å². The van der Waals surface area contributed by atoms with E-state index in [0.717, 1.165) is 12.0 Å². The van der Waals surface area contributed by atoms with Crippen LogP contribution >= 0.6 is 11.3 Å². The molecule has 0 aliphatic heterocycles. The molecule has 0 amide bonds. The van der Waals surface area contributed by atoms with Gasteiger partial charge in [-0.15, -0.1) is 0 Å². The summed E-state index contributed by atoms with van der Waals surface area (Å²) in [4.78, 5) is 4.52. The lowest BCUT2D eigenvalue weighted by Crippen LogP contribution is -2.17. The number of amidine groups is 1. The third kappa shape index (κ3) is 3.43. The monoisotopic (exact) mass is 244 g/mol. The summed E-state index contributed by atoms with van der Waals surface area (Å²) in [6, 6.07) is 12.2. The van der Waals surface area contributed by atoms with E-state index in [2.05, 4.69) is 28.7 Å². The van der Waals surface area contributed by atoms with Crippen molar-refractivity contribution in [3.8, 4) is 0 Å². The Morgan fingerprint density at radius 3 is 2.71 bits per heavy atom. The van der Waals surface area contributed by atoms with E-state index in [4.69, 9.17) is 5.73 Å². The highest BCUT2D eigenvalue weighted by Gasteiger charge is 2.04. The molecule has 2 aromatic rings. The van der Waals surface area contributed by atoms with Crippen LogP contribution in [0.4, 0.5) is 0 Å². The molecule has 2 N–H and O–H groups in total. The summed E-state index contributed by atoms with van der Waals surface area (Å²) in [5.74, 6) is 0.619. The maximum Gasteiger partial charge on any atom is 0.125 e. The highest BCUT2D eigenvalue weighted by atomic mass is 32.1. The molecular formula is C14H16N2S. The third-order valence-electron chi connectivity index (χ3n) is 2.54. The van der Waals surface area contributed by atoms with Crippen molar-refractivity contribution >= 4 is 17.2 Å². The Hall–Kier alpha value is -1.61. The molecule has 1 unspecified atom stereocenters. The molecule has 0 saturated carbocycles. The van der Waals surface area contributed by atoms with Crippen LogP contribution in [0.3, 0.4) is 0 Å². The largest absolute Gasteiger partial charge is 0.383 e. The minimum absolute atomic E-state index is 0.213. The average molecular weight is 244 g/mol. The zero-order valence-electron chi connectivity index (χ0n) is 9.84. The van der Waals surface area contributed by atoms with Gasteiger partial charge in [0.15, 0.2) is 0 Å². The number of nitrogens with two attached hydrogens (primary N) is 1. The van der Waals surface area contributed by atoms with Crippen LogP contribution in [0.1, 0.15) is 18.1 Å². The molecule has 1 aromatic carbocycles. The van der Waals surface area contributed by atoms with Crippen LogP contribution in [0.15, 0.2) is 52.2 Å². The van der Waals surface area contributed by atoms with Crippen LogP contribution in [0.2, 0.25) is 0 Å². The lowest BCUT2D eigenvalue weighted by Gasteiger charge is -2.07. The predicted molar refractivity (Wildman–Crippen MR) is 74.7 cm³/mol. The zero-order chi connectivity index (χ0) is 12.1. The predicted octanol–water partition coefficient (Wildman–Crippen LogP) is 3.08. The minimum atomic E-state index is 0.213. The molecule has 1 aromatic heterocycles. The Morgan fingerprint density at radius 1 is 1.29 bits per heavy atom. The van der Waals surface area contributed by atoms with E-state index < -0.39 is 0 Å². The molecule has 0 aliphatic carbocycles. The van der Waals surface area contributed by atoms with Gasteiger partial charge in [-0.1, -0.05) is 30.3 Å². The van der Waals surface area contributed by atoms with Crippen LogP contribution < -0.4 is 5.73 Å². The van der Waals surface area contributed by atoms with Gasteiger partial charge < -0.3 is 5.73 Å². The Labute approximate surface area is 106 Å². The van der Waals surface area contributed by atoms with Crippen molar-refractivity contribution in [3.63, 3.8) is 0 Å². The fraction of sp³-hybridized carbons (Fsp3) is 0.214. The lowest BCUT2D eigenvalue weighted by atomic mass is 10.1. The number of benzene rings is 1. The summed E-state index contributed by atoms with van der Waals surface area (Å²) in [6.45, 7) is 2.09. The van der Waals surface area contributed by atoms with E-state index in [-0.39, 0.29) is 6.04 Å². The first kappa shape index (κ1) is 11.9. The first-order valence-corrected chi connectivity index (χ1v) is 6.60. The van der Waals surface area contributed by atoms with Gasteiger partial charge in [-0.05, 0) is 35.7 Å². The van der Waals surface area contributed by atoms with Crippen molar-refractivity contribution in [2.24, 2.45) is 10.7 Å². The van der Waals surface area contributed by atoms with Gasteiger partial charge in [0.2, 0.25) is 0 Å². The minimum Gasteiger partial charge on any atom is -0.383 e. The fourth-order valence-electron chi connectivity index (χ4n) is 1.72. The summed E-state index contributed by atoms with van der Waals surface area (Å²) < 4.78 is 0. The summed E-state index contributed by atoms with van der Waals surface area (Å²) >= 11 is 1.72. The summed E-state index contributed by atoms with van der Waals surface area (Å²) in [7, 11) is 0.